The fourth-order valence-corrected chi connectivity index (χ4v) is 2.01. The highest BCUT2D eigenvalue weighted by atomic mass is 16.3. The molecule has 4 heteroatoms. The number of benzene rings is 1. The van der Waals surface area contributed by atoms with Crippen LogP contribution in [-0.2, 0) is 0 Å². The first-order valence-corrected chi connectivity index (χ1v) is 6.05. The van der Waals surface area contributed by atoms with Gasteiger partial charge in [-0.1, -0.05) is 13.8 Å². The summed E-state index contributed by atoms with van der Waals surface area (Å²) in [7, 11) is 0. The Balaban J connectivity index is 2.38. The van der Waals surface area contributed by atoms with Crippen LogP contribution in [0, 0.1) is 18.8 Å². The Bertz CT molecular complexity index is 571. The highest BCUT2D eigenvalue weighted by Crippen LogP contribution is 2.21. The Hall–Kier alpha value is -1.68. The van der Waals surface area contributed by atoms with E-state index in [0.29, 0.717) is 22.6 Å². The van der Waals surface area contributed by atoms with E-state index in [1.165, 1.54) is 0 Å². The van der Waals surface area contributed by atoms with Crippen molar-refractivity contribution < 1.29 is 14.3 Å². The number of Topliss-reactive ketones (excluding diaryl/α,β-unsaturated/α-hetero) is 1. The number of hydrogen-bond acceptors (Lipinski definition) is 4. The van der Waals surface area contributed by atoms with E-state index >= 15 is 0 Å². The Kier molecular flexibility index (Phi) is 3.48. The lowest BCUT2D eigenvalue weighted by molar-refractivity contribution is 0.0807. The first-order chi connectivity index (χ1) is 8.52. The van der Waals surface area contributed by atoms with Crippen LogP contribution < -0.4 is 0 Å². The van der Waals surface area contributed by atoms with Gasteiger partial charge in [-0.2, -0.15) is 0 Å². The topological polar surface area (TPSA) is 63.3 Å². The number of ketones is 1. The molecular weight excluding hydrogens is 230 g/mol. The third-order valence-corrected chi connectivity index (χ3v) is 3.12. The molecule has 0 aliphatic heterocycles. The predicted octanol–water partition coefficient (Wildman–Crippen LogP) is 2.58. The van der Waals surface area contributed by atoms with Crippen molar-refractivity contribution in [3.63, 3.8) is 0 Å². The van der Waals surface area contributed by atoms with Crippen LogP contribution in [0.2, 0.25) is 0 Å². The summed E-state index contributed by atoms with van der Waals surface area (Å²) in [6.07, 6.45) is 0. The first-order valence-electron chi connectivity index (χ1n) is 6.05. The van der Waals surface area contributed by atoms with Crippen molar-refractivity contribution in [2.75, 3.05) is 6.61 Å². The standard InChI is InChI=1S/C14H17NO3/c1-8(2)11(7-16)14(17)10-4-5-13-12(6-10)15-9(3)18-13/h4-6,8,11,16H,7H2,1-3H3. The molecule has 96 valence electrons. The van der Waals surface area contributed by atoms with E-state index in [9.17, 15) is 9.90 Å². The maximum atomic E-state index is 12.2. The number of aliphatic hydroxyl groups excluding tert-OH is 1. The minimum atomic E-state index is -0.365. The number of aromatic nitrogens is 1. The van der Waals surface area contributed by atoms with Gasteiger partial charge in [0, 0.05) is 18.4 Å². The van der Waals surface area contributed by atoms with Crippen molar-refractivity contribution in [1.29, 1.82) is 0 Å². The van der Waals surface area contributed by atoms with Crippen molar-refractivity contribution in [3.05, 3.63) is 29.7 Å². The van der Waals surface area contributed by atoms with Gasteiger partial charge in [-0.15, -0.1) is 0 Å². The Morgan fingerprint density at radius 2 is 2.17 bits per heavy atom. The molecule has 1 aromatic heterocycles. The molecule has 0 aliphatic carbocycles. The van der Waals surface area contributed by atoms with Crippen molar-refractivity contribution in [2.45, 2.75) is 20.8 Å². The van der Waals surface area contributed by atoms with E-state index in [4.69, 9.17) is 4.42 Å². The van der Waals surface area contributed by atoms with Gasteiger partial charge < -0.3 is 9.52 Å². The van der Waals surface area contributed by atoms with Crippen molar-refractivity contribution in [1.82, 2.24) is 4.98 Å². The summed E-state index contributed by atoms with van der Waals surface area (Å²) in [5, 5.41) is 9.29. The largest absolute Gasteiger partial charge is 0.441 e. The average Bonchev–Trinajstić information content (AvgIpc) is 2.68. The molecule has 0 amide bonds. The van der Waals surface area contributed by atoms with Gasteiger partial charge in [0.05, 0.1) is 6.61 Å². The van der Waals surface area contributed by atoms with Crippen LogP contribution in [0.25, 0.3) is 11.1 Å². The normalized spacial score (nSPS) is 13.2. The number of rotatable bonds is 4. The van der Waals surface area contributed by atoms with Gasteiger partial charge >= 0.3 is 0 Å². The van der Waals surface area contributed by atoms with E-state index < -0.39 is 0 Å². The van der Waals surface area contributed by atoms with Gasteiger partial charge in [0.15, 0.2) is 17.3 Å². The smallest absolute Gasteiger partial charge is 0.192 e. The van der Waals surface area contributed by atoms with Gasteiger partial charge in [-0.05, 0) is 24.1 Å². The molecule has 0 fully saturated rings. The quantitative estimate of drug-likeness (QED) is 0.843. The lowest BCUT2D eigenvalue weighted by Gasteiger charge is -2.16. The minimum Gasteiger partial charge on any atom is -0.441 e. The summed E-state index contributed by atoms with van der Waals surface area (Å²) in [5.74, 6) is 0.278. The van der Waals surface area contributed by atoms with E-state index in [-0.39, 0.29) is 24.2 Å². The molecule has 1 unspecified atom stereocenters. The number of aryl methyl sites for hydroxylation is 1. The average molecular weight is 247 g/mol. The van der Waals surface area contributed by atoms with Crippen molar-refractivity contribution in [2.24, 2.45) is 11.8 Å². The van der Waals surface area contributed by atoms with Gasteiger partial charge in [0.1, 0.15) is 5.52 Å². The summed E-state index contributed by atoms with van der Waals surface area (Å²) in [6.45, 7) is 5.49. The maximum absolute atomic E-state index is 12.2. The third kappa shape index (κ3) is 2.29. The highest BCUT2D eigenvalue weighted by Gasteiger charge is 2.23. The molecule has 2 aromatic rings. The molecule has 0 saturated heterocycles. The Morgan fingerprint density at radius 3 is 2.78 bits per heavy atom. The second kappa shape index (κ2) is 4.90. The molecule has 1 aromatic carbocycles. The van der Waals surface area contributed by atoms with E-state index in [1.54, 1.807) is 25.1 Å². The molecule has 0 spiro atoms. The summed E-state index contributed by atoms with van der Waals surface area (Å²) in [4.78, 5) is 16.5. The number of aliphatic hydroxyl groups is 1. The van der Waals surface area contributed by atoms with Crippen LogP contribution in [0.5, 0.6) is 0 Å². The predicted molar refractivity (Wildman–Crippen MR) is 68.5 cm³/mol. The summed E-state index contributed by atoms with van der Waals surface area (Å²) < 4.78 is 5.37. The van der Waals surface area contributed by atoms with E-state index in [1.807, 2.05) is 13.8 Å². The summed E-state index contributed by atoms with van der Waals surface area (Å²) in [6, 6.07) is 5.19. The van der Waals surface area contributed by atoms with Gasteiger partial charge in [0.2, 0.25) is 0 Å². The van der Waals surface area contributed by atoms with Crippen molar-refractivity contribution in [3.8, 4) is 0 Å². The van der Waals surface area contributed by atoms with Crippen molar-refractivity contribution >= 4 is 16.9 Å². The zero-order valence-corrected chi connectivity index (χ0v) is 10.8. The number of carbonyl (C=O) groups excluding carboxylic acids is 1. The molecule has 1 N–H and O–H groups in total. The highest BCUT2D eigenvalue weighted by molar-refractivity contribution is 6.00. The van der Waals surface area contributed by atoms with Crippen LogP contribution >= 0.6 is 0 Å². The fourth-order valence-electron chi connectivity index (χ4n) is 2.01. The lowest BCUT2D eigenvalue weighted by atomic mass is 9.88. The second-order valence-corrected chi connectivity index (χ2v) is 4.81. The van der Waals surface area contributed by atoms with Crippen LogP contribution in [0.3, 0.4) is 0 Å². The van der Waals surface area contributed by atoms with Crippen LogP contribution in [-0.4, -0.2) is 22.5 Å². The van der Waals surface area contributed by atoms with E-state index in [0.717, 1.165) is 0 Å². The molecule has 0 bridgehead atoms. The molecule has 0 saturated carbocycles. The van der Waals surface area contributed by atoms with E-state index in [2.05, 4.69) is 4.98 Å². The molecule has 18 heavy (non-hydrogen) atoms. The molecular formula is C14H17NO3. The van der Waals surface area contributed by atoms with Gasteiger partial charge in [-0.25, -0.2) is 4.98 Å². The van der Waals surface area contributed by atoms with Crippen LogP contribution in [0.15, 0.2) is 22.6 Å². The molecule has 0 aliphatic rings. The third-order valence-electron chi connectivity index (χ3n) is 3.12. The zero-order chi connectivity index (χ0) is 13.3. The summed E-state index contributed by atoms with van der Waals surface area (Å²) >= 11 is 0. The molecule has 1 atom stereocenters. The number of fused-ring (bicyclic) bond motifs is 1. The number of oxazole rings is 1. The Morgan fingerprint density at radius 1 is 1.44 bits per heavy atom. The second-order valence-electron chi connectivity index (χ2n) is 4.81. The maximum Gasteiger partial charge on any atom is 0.192 e. The monoisotopic (exact) mass is 247 g/mol. The lowest BCUT2D eigenvalue weighted by Crippen LogP contribution is -2.24. The van der Waals surface area contributed by atoms with Gasteiger partial charge in [-0.3, -0.25) is 4.79 Å². The number of carbonyl (C=O) groups is 1. The molecule has 4 nitrogen and oxygen atoms in total. The number of hydrogen-bond donors (Lipinski definition) is 1. The van der Waals surface area contributed by atoms with Crippen LogP contribution in [0.1, 0.15) is 30.1 Å². The minimum absolute atomic E-state index is 0.0462. The molecule has 0 radical (unpaired) electrons. The van der Waals surface area contributed by atoms with Gasteiger partial charge in [0.25, 0.3) is 0 Å². The molecule has 2 rings (SSSR count). The van der Waals surface area contributed by atoms with Crippen LogP contribution in [0.4, 0.5) is 0 Å². The Labute approximate surface area is 106 Å². The fraction of sp³-hybridized carbons (Fsp3) is 0.429. The summed E-state index contributed by atoms with van der Waals surface area (Å²) in [5.41, 5.74) is 1.93. The molecule has 1 heterocycles. The first kappa shape index (κ1) is 12.8. The number of nitrogens with zero attached hydrogens (tertiary/aromatic N) is 1. The zero-order valence-electron chi connectivity index (χ0n) is 10.8. The SMILES string of the molecule is Cc1nc2cc(C(=O)C(CO)C(C)C)ccc2o1.